The average Bonchev–Trinajstić information content (AvgIpc) is 2.69. The van der Waals surface area contributed by atoms with Gasteiger partial charge in [-0.1, -0.05) is 0 Å². The molecule has 1 aliphatic rings. The Morgan fingerprint density at radius 2 is 2.17 bits per heavy atom. The molecule has 0 aliphatic heterocycles. The third-order valence-electron chi connectivity index (χ3n) is 3.51. The number of hydrogen-bond acceptors (Lipinski definition) is 7. The van der Waals surface area contributed by atoms with Gasteiger partial charge in [0.15, 0.2) is 11.5 Å². The second-order valence-corrected chi connectivity index (χ2v) is 4.51. The summed E-state index contributed by atoms with van der Waals surface area (Å²) in [6.45, 7) is -0.0818. The van der Waals surface area contributed by atoms with E-state index in [0.717, 1.165) is 0 Å². The van der Waals surface area contributed by atoms with Crippen LogP contribution in [0.5, 0.6) is 0 Å². The van der Waals surface area contributed by atoms with Crippen molar-refractivity contribution in [2.45, 2.75) is 18.6 Å². The molecule has 0 radical (unpaired) electrons. The van der Waals surface area contributed by atoms with E-state index < -0.39 is 6.10 Å². The van der Waals surface area contributed by atoms with Gasteiger partial charge < -0.3 is 26.2 Å². The zero-order valence-electron chi connectivity index (χ0n) is 9.56. The smallest absolute Gasteiger partial charge is 0.224 e. The molecule has 8 nitrogen and oxygen atoms in total. The van der Waals surface area contributed by atoms with E-state index in [9.17, 15) is 10.2 Å². The molecule has 1 fully saturated rings. The predicted molar refractivity (Wildman–Crippen MR) is 64.4 cm³/mol. The molecule has 2 aromatic rings. The van der Waals surface area contributed by atoms with Gasteiger partial charge in [0, 0.05) is 12.0 Å². The van der Waals surface area contributed by atoms with Crippen LogP contribution in [0.1, 0.15) is 12.5 Å². The molecule has 0 saturated heterocycles. The van der Waals surface area contributed by atoms with Crippen LogP contribution in [0.2, 0.25) is 0 Å². The van der Waals surface area contributed by atoms with Crippen LogP contribution in [0.15, 0.2) is 6.33 Å². The minimum absolute atomic E-state index is 0.0382. The zero-order valence-corrected chi connectivity index (χ0v) is 9.56. The molecule has 0 bridgehead atoms. The van der Waals surface area contributed by atoms with Crippen molar-refractivity contribution in [1.82, 2.24) is 19.5 Å². The van der Waals surface area contributed by atoms with Gasteiger partial charge >= 0.3 is 0 Å². The molecule has 0 spiro atoms. The lowest BCUT2D eigenvalue weighted by Gasteiger charge is -2.41. The Kier molecular flexibility index (Phi) is 2.35. The SMILES string of the molecule is Nc1nc(N)c2ncn([C@H]3C[C@@H](O)[C@@H]3CO)c2n1. The molecule has 18 heavy (non-hydrogen) atoms. The lowest BCUT2D eigenvalue weighted by molar-refractivity contribution is -0.0512. The van der Waals surface area contributed by atoms with E-state index in [4.69, 9.17) is 11.5 Å². The number of aromatic nitrogens is 4. The molecule has 3 rings (SSSR count). The van der Waals surface area contributed by atoms with Crippen molar-refractivity contribution in [2.75, 3.05) is 18.1 Å². The molecule has 96 valence electrons. The monoisotopic (exact) mass is 250 g/mol. The minimum atomic E-state index is -0.492. The van der Waals surface area contributed by atoms with E-state index >= 15 is 0 Å². The summed E-state index contributed by atoms with van der Waals surface area (Å²) in [4.78, 5) is 12.1. The van der Waals surface area contributed by atoms with E-state index in [-0.39, 0.29) is 30.3 Å². The van der Waals surface area contributed by atoms with Crippen molar-refractivity contribution in [3.63, 3.8) is 0 Å². The fraction of sp³-hybridized carbons (Fsp3) is 0.500. The summed E-state index contributed by atoms with van der Waals surface area (Å²) in [7, 11) is 0. The van der Waals surface area contributed by atoms with E-state index in [1.165, 1.54) is 0 Å². The number of nitrogen functional groups attached to an aromatic ring is 2. The molecule has 8 heteroatoms. The molecule has 1 saturated carbocycles. The standard InChI is InChI=1S/C10H14N6O2/c11-8-7-9(15-10(12)14-8)16(3-13-7)5-1-6(18)4(5)2-17/h3-6,17-18H,1-2H2,(H4,11,12,14,15)/t4-,5+,6-/m1/s1. The fourth-order valence-corrected chi connectivity index (χ4v) is 2.42. The van der Waals surface area contributed by atoms with Gasteiger partial charge in [0.05, 0.1) is 19.0 Å². The van der Waals surface area contributed by atoms with Gasteiger partial charge in [0.2, 0.25) is 5.95 Å². The number of nitrogens with two attached hydrogens (primary N) is 2. The number of aliphatic hydroxyl groups excluding tert-OH is 2. The summed E-state index contributed by atoms with van der Waals surface area (Å²) in [5.41, 5.74) is 12.3. The summed E-state index contributed by atoms with van der Waals surface area (Å²) in [5.74, 6) is 0.110. The number of nitrogens with zero attached hydrogens (tertiary/aromatic N) is 4. The summed E-state index contributed by atoms with van der Waals surface area (Å²) >= 11 is 0. The highest BCUT2D eigenvalue weighted by molar-refractivity contribution is 5.82. The van der Waals surface area contributed by atoms with Crippen molar-refractivity contribution in [2.24, 2.45) is 5.92 Å². The van der Waals surface area contributed by atoms with Crippen molar-refractivity contribution >= 4 is 22.9 Å². The Balaban J connectivity index is 2.08. The van der Waals surface area contributed by atoms with Gasteiger partial charge in [0.25, 0.3) is 0 Å². The third kappa shape index (κ3) is 1.42. The summed E-state index contributed by atoms with van der Waals surface area (Å²) in [6.07, 6.45) is 1.66. The van der Waals surface area contributed by atoms with Crippen molar-refractivity contribution in [1.29, 1.82) is 0 Å². The largest absolute Gasteiger partial charge is 0.396 e. The first-order valence-corrected chi connectivity index (χ1v) is 5.66. The van der Waals surface area contributed by atoms with Crippen LogP contribution in [-0.4, -0.2) is 42.4 Å². The van der Waals surface area contributed by atoms with Crippen molar-refractivity contribution < 1.29 is 10.2 Å². The van der Waals surface area contributed by atoms with Crippen LogP contribution < -0.4 is 11.5 Å². The maximum absolute atomic E-state index is 9.58. The second kappa shape index (κ2) is 3.79. The van der Waals surface area contributed by atoms with Gasteiger partial charge in [0.1, 0.15) is 5.52 Å². The molecular formula is C10H14N6O2. The topological polar surface area (TPSA) is 136 Å². The normalized spacial score (nSPS) is 27.3. The van der Waals surface area contributed by atoms with E-state index in [1.54, 1.807) is 10.9 Å². The molecule has 3 atom stereocenters. The Labute approximate surface area is 102 Å². The van der Waals surface area contributed by atoms with Crippen LogP contribution in [0.25, 0.3) is 11.2 Å². The number of fused-ring (bicyclic) bond motifs is 1. The number of aliphatic hydroxyl groups is 2. The van der Waals surface area contributed by atoms with E-state index in [2.05, 4.69) is 15.0 Å². The Bertz CT molecular complexity index is 597. The van der Waals surface area contributed by atoms with Gasteiger partial charge in [-0.05, 0) is 6.42 Å². The van der Waals surface area contributed by atoms with Crippen LogP contribution in [0.4, 0.5) is 11.8 Å². The number of anilines is 2. The average molecular weight is 250 g/mol. The third-order valence-corrected chi connectivity index (χ3v) is 3.51. The van der Waals surface area contributed by atoms with Crippen LogP contribution in [-0.2, 0) is 0 Å². The molecule has 0 amide bonds. The van der Waals surface area contributed by atoms with Gasteiger partial charge in [-0.3, -0.25) is 0 Å². The molecule has 1 aliphatic carbocycles. The van der Waals surface area contributed by atoms with Crippen LogP contribution >= 0.6 is 0 Å². The highest BCUT2D eigenvalue weighted by Crippen LogP contribution is 2.40. The first-order chi connectivity index (χ1) is 8.61. The lowest BCUT2D eigenvalue weighted by atomic mass is 9.77. The van der Waals surface area contributed by atoms with Crippen molar-refractivity contribution in [3.05, 3.63) is 6.33 Å². The number of hydrogen-bond donors (Lipinski definition) is 4. The summed E-state index contributed by atoms with van der Waals surface area (Å²) in [6, 6.07) is -0.0382. The molecule has 6 N–H and O–H groups in total. The highest BCUT2D eigenvalue weighted by Gasteiger charge is 2.41. The maximum Gasteiger partial charge on any atom is 0.224 e. The fourth-order valence-electron chi connectivity index (χ4n) is 2.42. The van der Waals surface area contributed by atoms with Crippen molar-refractivity contribution in [3.8, 4) is 0 Å². The van der Waals surface area contributed by atoms with Gasteiger partial charge in [-0.25, -0.2) is 4.98 Å². The van der Waals surface area contributed by atoms with Crippen LogP contribution in [0, 0.1) is 5.92 Å². The number of imidazole rings is 1. The first-order valence-electron chi connectivity index (χ1n) is 5.66. The van der Waals surface area contributed by atoms with E-state index in [1.807, 2.05) is 0 Å². The molecule has 2 heterocycles. The molecular weight excluding hydrogens is 236 g/mol. The maximum atomic E-state index is 9.58. The lowest BCUT2D eigenvalue weighted by Crippen LogP contribution is -2.44. The first kappa shape index (κ1) is 11.2. The van der Waals surface area contributed by atoms with Gasteiger partial charge in [-0.2, -0.15) is 9.97 Å². The number of rotatable bonds is 2. The molecule has 0 unspecified atom stereocenters. The van der Waals surface area contributed by atoms with Crippen LogP contribution in [0.3, 0.4) is 0 Å². The summed E-state index contributed by atoms with van der Waals surface area (Å²) < 4.78 is 1.79. The highest BCUT2D eigenvalue weighted by atomic mass is 16.3. The molecule has 0 aromatic carbocycles. The Morgan fingerprint density at radius 3 is 2.83 bits per heavy atom. The Hall–Kier alpha value is -1.93. The summed E-state index contributed by atoms with van der Waals surface area (Å²) in [5, 5.41) is 18.8. The minimum Gasteiger partial charge on any atom is -0.396 e. The molecule has 2 aromatic heterocycles. The zero-order chi connectivity index (χ0) is 12.9. The quantitative estimate of drug-likeness (QED) is 0.531. The van der Waals surface area contributed by atoms with Gasteiger partial charge in [-0.15, -0.1) is 0 Å². The Morgan fingerprint density at radius 1 is 1.39 bits per heavy atom. The second-order valence-electron chi connectivity index (χ2n) is 4.51. The predicted octanol–water partition coefficient (Wildman–Crippen LogP) is -1.10. The van der Waals surface area contributed by atoms with E-state index in [0.29, 0.717) is 17.6 Å².